The van der Waals surface area contributed by atoms with E-state index in [4.69, 9.17) is 0 Å². The van der Waals surface area contributed by atoms with E-state index in [2.05, 4.69) is 31.0 Å². The number of rotatable bonds is 5. The Balaban J connectivity index is 1.86. The highest BCUT2D eigenvalue weighted by Crippen LogP contribution is 2.26. The molecule has 1 aliphatic heterocycles. The number of piperidine rings is 1. The van der Waals surface area contributed by atoms with Crippen molar-refractivity contribution in [3.8, 4) is 0 Å². The van der Waals surface area contributed by atoms with Crippen LogP contribution in [0.1, 0.15) is 52.9 Å². The van der Waals surface area contributed by atoms with Crippen LogP contribution < -0.4 is 5.32 Å². The van der Waals surface area contributed by atoms with E-state index in [0.29, 0.717) is 6.04 Å². The van der Waals surface area contributed by atoms with Crippen molar-refractivity contribution in [1.82, 2.24) is 10.2 Å². The van der Waals surface area contributed by atoms with Crippen LogP contribution in [0.15, 0.2) is 0 Å². The standard InChI is InChI=1S/C14H28N2/c1-4-5-12-8-14(15-13-6-7-13)10-16(9-12)11(2)3/h11-15H,4-10H2,1-3H3. The topological polar surface area (TPSA) is 15.3 Å². The minimum Gasteiger partial charge on any atom is -0.310 e. The second kappa shape index (κ2) is 5.50. The van der Waals surface area contributed by atoms with Gasteiger partial charge in [0.25, 0.3) is 0 Å². The van der Waals surface area contributed by atoms with Crippen LogP contribution in [0.3, 0.4) is 0 Å². The highest BCUT2D eigenvalue weighted by Gasteiger charge is 2.31. The summed E-state index contributed by atoms with van der Waals surface area (Å²) in [5.41, 5.74) is 0. The molecule has 2 rings (SSSR count). The number of nitrogens with one attached hydrogen (secondary N) is 1. The van der Waals surface area contributed by atoms with Crippen LogP contribution in [0.25, 0.3) is 0 Å². The van der Waals surface area contributed by atoms with Gasteiger partial charge in [-0.1, -0.05) is 13.3 Å². The Morgan fingerprint density at radius 1 is 1.19 bits per heavy atom. The van der Waals surface area contributed by atoms with E-state index < -0.39 is 0 Å². The molecule has 0 radical (unpaired) electrons. The molecule has 16 heavy (non-hydrogen) atoms. The summed E-state index contributed by atoms with van der Waals surface area (Å²) < 4.78 is 0. The summed E-state index contributed by atoms with van der Waals surface area (Å²) in [6.07, 6.45) is 6.99. The van der Waals surface area contributed by atoms with Crippen molar-refractivity contribution in [2.45, 2.75) is 71.0 Å². The van der Waals surface area contributed by atoms with Gasteiger partial charge in [0.1, 0.15) is 0 Å². The quantitative estimate of drug-likeness (QED) is 0.772. The van der Waals surface area contributed by atoms with E-state index in [1.807, 2.05) is 0 Å². The number of hydrogen-bond acceptors (Lipinski definition) is 2. The molecule has 2 heteroatoms. The van der Waals surface area contributed by atoms with E-state index in [-0.39, 0.29) is 0 Å². The molecule has 0 aromatic rings. The van der Waals surface area contributed by atoms with E-state index in [1.165, 1.54) is 45.2 Å². The molecule has 0 spiro atoms. The van der Waals surface area contributed by atoms with Crippen LogP contribution in [0, 0.1) is 5.92 Å². The summed E-state index contributed by atoms with van der Waals surface area (Å²) >= 11 is 0. The Hall–Kier alpha value is -0.0800. The van der Waals surface area contributed by atoms with Crippen LogP contribution in [-0.4, -0.2) is 36.1 Å². The first-order valence-electron chi connectivity index (χ1n) is 7.19. The molecule has 1 heterocycles. The maximum atomic E-state index is 3.82. The SMILES string of the molecule is CCCC1CC(NC2CC2)CN(C(C)C)C1. The van der Waals surface area contributed by atoms with Gasteiger partial charge in [-0.15, -0.1) is 0 Å². The summed E-state index contributed by atoms with van der Waals surface area (Å²) in [4.78, 5) is 2.67. The van der Waals surface area contributed by atoms with Gasteiger partial charge in [-0.05, 0) is 45.4 Å². The summed E-state index contributed by atoms with van der Waals surface area (Å²) in [6, 6.07) is 2.34. The molecule has 2 aliphatic rings. The van der Waals surface area contributed by atoms with Gasteiger partial charge in [-0.25, -0.2) is 0 Å². The Labute approximate surface area is 101 Å². The van der Waals surface area contributed by atoms with Crippen molar-refractivity contribution in [3.05, 3.63) is 0 Å². The average Bonchev–Trinajstić information content (AvgIpc) is 3.01. The molecule has 2 atom stereocenters. The van der Waals surface area contributed by atoms with Crippen molar-refractivity contribution < 1.29 is 0 Å². The summed E-state index contributed by atoms with van der Waals surface area (Å²) in [5, 5.41) is 3.82. The van der Waals surface area contributed by atoms with E-state index in [0.717, 1.165) is 18.0 Å². The lowest BCUT2D eigenvalue weighted by atomic mass is 9.90. The van der Waals surface area contributed by atoms with Crippen molar-refractivity contribution >= 4 is 0 Å². The van der Waals surface area contributed by atoms with Gasteiger partial charge in [0.2, 0.25) is 0 Å². The average molecular weight is 224 g/mol. The largest absolute Gasteiger partial charge is 0.310 e. The lowest BCUT2D eigenvalue weighted by molar-refractivity contribution is 0.106. The Kier molecular flexibility index (Phi) is 4.26. The third kappa shape index (κ3) is 3.46. The fourth-order valence-electron chi connectivity index (χ4n) is 2.98. The van der Waals surface area contributed by atoms with Crippen LogP contribution >= 0.6 is 0 Å². The molecule has 1 saturated heterocycles. The maximum absolute atomic E-state index is 3.82. The van der Waals surface area contributed by atoms with Crippen molar-refractivity contribution in [1.29, 1.82) is 0 Å². The maximum Gasteiger partial charge on any atom is 0.0200 e. The highest BCUT2D eigenvalue weighted by atomic mass is 15.2. The number of likely N-dealkylation sites (tertiary alicyclic amines) is 1. The third-order valence-electron chi connectivity index (χ3n) is 4.04. The second-order valence-electron chi connectivity index (χ2n) is 6.08. The predicted octanol–water partition coefficient (Wildman–Crippen LogP) is 2.64. The Morgan fingerprint density at radius 2 is 1.94 bits per heavy atom. The summed E-state index contributed by atoms with van der Waals surface area (Å²) in [7, 11) is 0. The number of hydrogen-bond donors (Lipinski definition) is 1. The van der Waals surface area contributed by atoms with E-state index in [1.54, 1.807) is 0 Å². The first-order valence-corrected chi connectivity index (χ1v) is 7.19. The minimum absolute atomic E-state index is 0.711. The monoisotopic (exact) mass is 224 g/mol. The van der Waals surface area contributed by atoms with Gasteiger partial charge < -0.3 is 5.32 Å². The Bertz CT molecular complexity index is 211. The van der Waals surface area contributed by atoms with Crippen molar-refractivity contribution in [2.24, 2.45) is 5.92 Å². The lowest BCUT2D eigenvalue weighted by Gasteiger charge is -2.40. The molecule has 1 saturated carbocycles. The minimum atomic E-state index is 0.711. The van der Waals surface area contributed by atoms with Crippen LogP contribution in [0.5, 0.6) is 0 Å². The molecule has 0 bridgehead atoms. The zero-order valence-electron chi connectivity index (χ0n) is 11.2. The van der Waals surface area contributed by atoms with Crippen molar-refractivity contribution in [3.63, 3.8) is 0 Å². The molecule has 1 N–H and O–H groups in total. The van der Waals surface area contributed by atoms with Gasteiger partial charge in [0, 0.05) is 31.2 Å². The van der Waals surface area contributed by atoms with Gasteiger partial charge >= 0.3 is 0 Å². The highest BCUT2D eigenvalue weighted by molar-refractivity contribution is 4.90. The van der Waals surface area contributed by atoms with E-state index in [9.17, 15) is 0 Å². The van der Waals surface area contributed by atoms with Gasteiger partial charge in [-0.3, -0.25) is 4.90 Å². The predicted molar refractivity (Wildman–Crippen MR) is 69.7 cm³/mol. The molecular weight excluding hydrogens is 196 g/mol. The molecule has 2 fully saturated rings. The van der Waals surface area contributed by atoms with Crippen LogP contribution in [0.4, 0.5) is 0 Å². The summed E-state index contributed by atoms with van der Waals surface area (Å²) in [6.45, 7) is 9.59. The molecule has 0 amide bonds. The molecule has 1 aliphatic carbocycles. The first kappa shape index (κ1) is 12.4. The van der Waals surface area contributed by atoms with E-state index >= 15 is 0 Å². The fraction of sp³-hybridized carbons (Fsp3) is 1.00. The van der Waals surface area contributed by atoms with Gasteiger partial charge in [-0.2, -0.15) is 0 Å². The smallest absolute Gasteiger partial charge is 0.0200 e. The molecular formula is C14H28N2. The van der Waals surface area contributed by atoms with Crippen molar-refractivity contribution in [2.75, 3.05) is 13.1 Å². The molecule has 94 valence electrons. The molecule has 2 nitrogen and oxygen atoms in total. The summed E-state index contributed by atoms with van der Waals surface area (Å²) in [5.74, 6) is 0.928. The third-order valence-corrected chi connectivity index (χ3v) is 4.04. The fourth-order valence-corrected chi connectivity index (χ4v) is 2.98. The molecule has 2 unspecified atom stereocenters. The first-order chi connectivity index (χ1) is 7.69. The van der Waals surface area contributed by atoms with Gasteiger partial charge in [0.05, 0.1) is 0 Å². The lowest BCUT2D eigenvalue weighted by Crippen LogP contribution is -2.51. The zero-order valence-corrected chi connectivity index (χ0v) is 11.2. The van der Waals surface area contributed by atoms with Crippen LogP contribution in [0.2, 0.25) is 0 Å². The second-order valence-corrected chi connectivity index (χ2v) is 6.08. The van der Waals surface area contributed by atoms with Gasteiger partial charge in [0.15, 0.2) is 0 Å². The number of nitrogens with zero attached hydrogens (tertiary/aromatic N) is 1. The normalized spacial score (nSPS) is 32.2. The zero-order chi connectivity index (χ0) is 11.5. The molecule has 0 aromatic carbocycles. The Morgan fingerprint density at radius 3 is 2.50 bits per heavy atom. The van der Waals surface area contributed by atoms with Crippen LogP contribution in [-0.2, 0) is 0 Å². The molecule has 0 aromatic heterocycles.